The summed E-state index contributed by atoms with van der Waals surface area (Å²) in [5.74, 6) is 0.289. The molecular formula is C17H18BrClN2O2. The molecule has 2 heterocycles. The van der Waals surface area contributed by atoms with Crippen molar-refractivity contribution in [2.24, 2.45) is 0 Å². The molecule has 0 saturated carbocycles. The van der Waals surface area contributed by atoms with Gasteiger partial charge in [0.25, 0.3) is 0 Å². The fourth-order valence-corrected chi connectivity index (χ4v) is 3.31. The van der Waals surface area contributed by atoms with E-state index < -0.39 is 5.60 Å². The van der Waals surface area contributed by atoms with Crippen molar-refractivity contribution in [2.75, 3.05) is 13.1 Å². The zero-order chi connectivity index (χ0) is 16.8. The summed E-state index contributed by atoms with van der Waals surface area (Å²) >= 11 is 9.59. The molecule has 0 radical (unpaired) electrons. The Bertz CT molecular complexity index is 767. The number of nitrogens with zero attached hydrogens (tertiary/aromatic N) is 2. The Labute approximate surface area is 148 Å². The van der Waals surface area contributed by atoms with Crippen molar-refractivity contribution in [3.63, 3.8) is 0 Å². The summed E-state index contributed by atoms with van der Waals surface area (Å²) in [6.45, 7) is 6.94. The van der Waals surface area contributed by atoms with Crippen molar-refractivity contribution in [1.82, 2.24) is 9.88 Å². The van der Waals surface area contributed by atoms with E-state index in [0.717, 1.165) is 15.2 Å². The molecule has 6 heteroatoms. The molecule has 0 bridgehead atoms. The highest BCUT2D eigenvalue weighted by molar-refractivity contribution is 9.10. The molecule has 0 N–H and O–H groups in total. The molecular weight excluding hydrogens is 380 g/mol. The van der Waals surface area contributed by atoms with Gasteiger partial charge in [0.1, 0.15) is 10.8 Å². The van der Waals surface area contributed by atoms with Crippen molar-refractivity contribution in [2.45, 2.75) is 32.3 Å². The number of carbonyl (C=O) groups excluding carboxylic acids is 1. The van der Waals surface area contributed by atoms with Crippen LogP contribution in [0.15, 0.2) is 28.9 Å². The van der Waals surface area contributed by atoms with Crippen LogP contribution < -0.4 is 0 Å². The van der Waals surface area contributed by atoms with Crippen LogP contribution in [0.1, 0.15) is 32.3 Å². The number of hydrogen-bond acceptors (Lipinski definition) is 3. The van der Waals surface area contributed by atoms with Crippen LogP contribution in [0.2, 0.25) is 5.15 Å². The van der Waals surface area contributed by atoms with E-state index >= 15 is 0 Å². The van der Waals surface area contributed by atoms with Gasteiger partial charge in [0.2, 0.25) is 0 Å². The number of likely N-dealkylation sites (tertiary alicyclic amines) is 1. The number of hydrogen-bond donors (Lipinski definition) is 0. The Balaban J connectivity index is 1.80. The van der Waals surface area contributed by atoms with Crippen LogP contribution in [-0.2, 0) is 4.74 Å². The van der Waals surface area contributed by atoms with Crippen LogP contribution in [0.5, 0.6) is 0 Å². The first-order valence-corrected chi connectivity index (χ1v) is 8.63. The molecule has 1 aromatic carbocycles. The van der Waals surface area contributed by atoms with Gasteiger partial charge in [-0.3, -0.25) is 0 Å². The minimum absolute atomic E-state index is 0.255. The summed E-state index contributed by atoms with van der Waals surface area (Å²) in [5, 5.41) is 2.58. The van der Waals surface area contributed by atoms with Gasteiger partial charge in [-0.05, 0) is 43.9 Å². The molecule has 0 aliphatic carbocycles. The van der Waals surface area contributed by atoms with Crippen molar-refractivity contribution in [3.8, 4) is 0 Å². The number of aromatic nitrogens is 1. The van der Waals surface area contributed by atoms with E-state index in [0.29, 0.717) is 18.2 Å². The number of pyridine rings is 1. The van der Waals surface area contributed by atoms with Crippen LogP contribution in [0, 0.1) is 0 Å². The molecule has 1 aliphatic rings. The Hall–Kier alpha value is -1.33. The van der Waals surface area contributed by atoms with Gasteiger partial charge in [-0.25, -0.2) is 9.78 Å². The Morgan fingerprint density at radius 1 is 1.35 bits per heavy atom. The standard InChI is InChI=1S/C17H18BrClN2O2/c1-17(2,3)23-16(22)21-8-10(9-21)11-4-5-14(18)13-7-20-15(19)6-12(11)13/h4-7,10H,8-9H2,1-3H3. The van der Waals surface area contributed by atoms with Crippen LogP contribution in [0.4, 0.5) is 4.79 Å². The molecule has 0 unspecified atom stereocenters. The maximum absolute atomic E-state index is 12.1. The number of ether oxygens (including phenoxy) is 1. The molecule has 23 heavy (non-hydrogen) atoms. The zero-order valence-corrected chi connectivity index (χ0v) is 15.6. The van der Waals surface area contributed by atoms with E-state index in [2.05, 4.69) is 27.0 Å². The average Bonchev–Trinajstić information content (AvgIpc) is 2.37. The monoisotopic (exact) mass is 396 g/mol. The molecule has 4 nitrogen and oxygen atoms in total. The zero-order valence-electron chi connectivity index (χ0n) is 13.3. The summed E-state index contributed by atoms with van der Waals surface area (Å²) in [4.78, 5) is 17.9. The quantitative estimate of drug-likeness (QED) is 0.637. The Morgan fingerprint density at radius 3 is 2.70 bits per heavy atom. The van der Waals surface area contributed by atoms with Gasteiger partial charge in [-0.2, -0.15) is 0 Å². The number of fused-ring (bicyclic) bond motifs is 1. The van der Waals surface area contributed by atoms with Gasteiger partial charge in [0, 0.05) is 35.1 Å². The highest BCUT2D eigenvalue weighted by atomic mass is 79.9. The highest BCUT2D eigenvalue weighted by Crippen LogP contribution is 2.36. The normalized spacial score (nSPS) is 15.6. The second-order valence-electron chi connectivity index (χ2n) is 6.77. The molecule has 3 rings (SSSR count). The van der Waals surface area contributed by atoms with E-state index in [4.69, 9.17) is 16.3 Å². The first-order valence-electron chi connectivity index (χ1n) is 7.46. The maximum atomic E-state index is 12.1. The van der Waals surface area contributed by atoms with Gasteiger partial charge < -0.3 is 9.64 Å². The van der Waals surface area contributed by atoms with Gasteiger partial charge in [0.15, 0.2) is 0 Å². The summed E-state index contributed by atoms with van der Waals surface area (Å²) in [5.41, 5.74) is 0.721. The number of benzene rings is 1. The topological polar surface area (TPSA) is 42.4 Å². The first kappa shape index (κ1) is 16.5. The Kier molecular flexibility index (Phi) is 4.27. The molecule has 1 amide bonds. The lowest BCUT2D eigenvalue weighted by atomic mass is 9.88. The minimum Gasteiger partial charge on any atom is -0.444 e. The third-order valence-electron chi connectivity index (χ3n) is 3.82. The van der Waals surface area contributed by atoms with Gasteiger partial charge in [-0.15, -0.1) is 0 Å². The van der Waals surface area contributed by atoms with Crippen molar-refractivity contribution < 1.29 is 9.53 Å². The SMILES string of the molecule is CC(C)(C)OC(=O)N1CC(c2ccc(Br)c3cnc(Cl)cc23)C1. The predicted octanol–water partition coefficient (Wildman–Crippen LogP) is 4.99. The number of halogens is 2. The summed E-state index contributed by atoms with van der Waals surface area (Å²) in [7, 11) is 0. The second kappa shape index (κ2) is 5.95. The van der Waals surface area contributed by atoms with Gasteiger partial charge in [-0.1, -0.05) is 33.6 Å². The third-order valence-corrected chi connectivity index (χ3v) is 4.72. The Morgan fingerprint density at radius 2 is 2.04 bits per heavy atom. The second-order valence-corrected chi connectivity index (χ2v) is 8.01. The lowest BCUT2D eigenvalue weighted by Gasteiger charge is -2.40. The van der Waals surface area contributed by atoms with Gasteiger partial charge >= 0.3 is 6.09 Å². The van der Waals surface area contributed by atoms with Crippen molar-refractivity contribution in [1.29, 1.82) is 0 Å². The summed E-state index contributed by atoms with van der Waals surface area (Å²) < 4.78 is 6.39. The third kappa shape index (κ3) is 3.45. The predicted molar refractivity (Wildman–Crippen MR) is 95.0 cm³/mol. The smallest absolute Gasteiger partial charge is 0.410 e. The lowest BCUT2D eigenvalue weighted by molar-refractivity contribution is 0.00830. The van der Waals surface area contributed by atoms with E-state index in [1.54, 1.807) is 11.1 Å². The molecule has 1 fully saturated rings. The van der Waals surface area contributed by atoms with Crippen LogP contribution in [-0.4, -0.2) is 34.7 Å². The molecule has 2 aromatic rings. The first-order chi connectivity index (χ1) is 10.7. The van der Waals surface area contributed by atoms with E-state index in [1.807, 2.05) is 32.9 Å². The number of carbonyl (C=O) groups is 1. The van der Waals surface area contributed by atoms with E-state index in [9.17, 15) is 4.79 Å². The molecule has 1 saturated heterocycles. The summed E-state index contributed by atoms with van der Waals surface area (Å²) in [6, 6.07) is 5.98. The average molecular weight is 398 g/mol. The van der Waals surface area contributed by atoms with E-state index in [1.165, 1.54) is 5.56 Å². The van der Waals surface area contributed by atoms with E-state index in [-0.39, 0.29) is 12.0 Å². The highest BCUT2D eigenvalue weighted by Gasteiger charge is 2.35. The van der Waals surface area contributed by atoms with Crippen LogP contribution in [0.3, 0.4) is 0 Å². The van der Waals surface area contributed by atoms with Crippen LogP contribution >= 0.6 is 27.5 Å². The number of rotatable bonds is 1. The largest absolute Gasteiger partial charge is 0.444 e. The molecule has 122 valence electrons. The lowest BCUT2D eigenvalue weighted by Crippen LogP contribution is -2.50. The van der Waals surface area contributed by atoms with Crippen molar-refractivity contribution >= 4 is 44.4 Å². The summed E-state index contributed by atoms with van der Waals surface area (Å²) in [6.07, 6.45) is 1.52. The molecule has 0 spiro atoms. The number of amides is 1. The molecule has 0 atom stereocenters. The molecule has 1 aliphatic heterocycles. The molecule has 1 aromatic heterocycles. The maximum Gasteiger partial charge on any atom is 0.410 e. The van der Waals surface area contributed by atoms with Crippen LogP contribution in [0.25, 0.3) is 10.8 Å². The van der Waals surface area contributed by atoms with Crippen molar-refractivity contribution in [3.05, 3.63) is 39.6 Å². The fraction of sp³-hybridized carbons (Fsp3) is 0.412. The minimum atomic E-state index is -0.467. The fourth-order valence-electron chi connectivity index (χ4n) is 2.71. The van der Waals surface area contributed by atoms with Gasteiger partial charge in [0.05, 0.1) is 0 Å².